The Bertz CT molecular complexity index is 132. The van der Waals surface area contributed by atoms with Crippen molar-refractivity contribution in [3.8, 4) is 0 Å². The maximum atomic E-state index is 5.69. The van der Waals surface area contributed by atoms with Crippen LogP contribution in [0.15, 0.2) is 35.9 Å². The van der Waals surface area contributed by atoms with E-state index in [1.807, 2.05) is 39.0 Å². The zero-order valence-electron chi connectivity index (χ0n) is 7.60. The van der Waals surface area contributed by atoms with Gasteiger partial charge in [0.15, 0.2) is 0 Å². The van der Waals surface area contributed by atoms with E-state index in [-0.39, 0.29) is 0 Å². The maximum absolute atomic E-state index is 5.69. The van der Waals surface area contributed by atoms with Crippen LogP contribution in [0.1, 0.15) is 27.2 Å². The average Bonchev–Trinajstić information content (AvgIpc) is 2.05. The molecule has 0 atom stereocenters. The molecule has 1 heteroatoms. The Morgan fingerprint density at radius 2 is 2.00 bits per heavy atom. The van der Waals surface area contributed by atoms with E-state index >= 15 is 0 Å². The molecule has 0 aliphatic heterocycles. The van der Waals surface area contributed by atoms with Gasteiger partial charge >= 0.3 is 0 Å². The molecule has 0 nitrogen and oxygen atoms in total. The Labute approximate surface area is 75.3 Å². The van der Waals surface area contributed by atoms with Gasteiger partial charge < -0.3 is 0 Å². The van der Waals surface area contributed by atoms with Crippen LogP contribution in [0.5, 0.6) is 0 Å². The highest BCUT2D eigenvalue weighted by molar-refractivity contribution is 6.31. The van der Waals surface area contributed by atoms with Crippen LogP contribution < -0.4 is 0 Å². The molecule has 64 valence electrons. The second kappa shape index (κ2) is 12.2. The van der Waals surface area contributed by atoms with Crippen molar-refractivity contribution < 1.29 is 0 Å². The minimum absolute atomic E-state index is 0.775. The predicted octanol–water partition coefficient (Wildman–Crippen LogP) is 4.29. The van der Waals surface area contributed by atoms with Crippen molar-refractivity contribution in [1.82, 2.24) is 0 Å². The molecule has 0 rings (SSSR count). The highest BCUT2D eigenvalue weighted by atomic mass is 35.5. The topological polar surface area (TPSA) is 0 Å². The van der Waals surface area contributed by atoms with Crippen molar-refractivity contribution in [2.75, 3.05) is 0 Å². The molecule has 0 aliphatic carbocycles. The normalized spacial score (nSPS) is 10.7. The van der Waals surface area contributed by atoms with Gasteiger partial charge in [0.1, 0.15) is 0 Å². The van der Waals surface area contributed by atoms with E-state index in [9.17, 15) is 0 Å². The van der Waals surface area contributed by atoms with Crippen LogP contribution in [-0.2, 0) is 0 Å². The van der Waals surface area contributed by atoms with Gasteiger partial charge in [-0.2, -0.15) is 0 Å². The predicted molar refractivity (Wildman–Crippen MR) is 54.9 cm³/mol. The second-order valence-electron chi connectivity index (χ2n) is 1.59. The van der Waals surface area contributed by atoms with Gasteiger partial charge in [0.25, 0.3) is 0 Å². The summed E-state index contributed by atoms with van der Waals surface area (Å²) in [6, 6.07) is 0. The van der Waals surface area contributed by atoms with Crippen molar-refractivity contribution in [2.45, 2.75) is 27.2 Å². The van der Waals surface area contributed by atoms with E-state index in [1.165, 1.54) is 0 Å². The first-order chi connectivity index (χ1) is 5.31. The molecule has 11 heavy (non-hydrogen) atoms. The van der Waals surface area contributed by atoms with Crippen LogP contribution in [0, 0.1) is 0 Å². The molecule has 0 aliphatic rings. The van der Waals surface area contributed by atoms with Crippen molar-refractivity contribution in [3.63, 3.8) is 0 Å². The zero-order chi connectivity index (χ0) is 9.11. The third kappa shape index (κ3) is 12.7. The molecule has 0 radical (unpaired) electrons. The third-order valence-corrected chi connectivity index (χ3v) is 1.07. The fraction of sp³-hybridized carbons (Fsp3) is 0.400. The second-order valence-corrected chi connectivity index (χ2v) is 2.03. The van der Waals surface area contributed by atoms with Gasteiger partial charge in [0, 0.05) is 5.03 Å². The molecular weight excluding hydrogens is 156 g/mol. The van der Waals surface area contributed by atoms with Crippen molar-refractivity contribution in [1.29, 1.82) is 0 Å². The van der Waals surface area contributed by atoms with Crippen molar-refractivity contribution >= 4 is 11.6 Å². The molecule has 0 aromatic heterocycles. The zero-order valence-corrected chi connectivity index (χ0v) is 8.36. The number of rotatable bonds is 3. The van der Waals surface area contributed by atoms with E-state index in [0.29, 0.717) is 0 Å². The average molecular weight is 173 g/mol. The third-order valence-electron chi connectivity index (χ3n) is 0.791. The number of halogens is 1. The summed E-state index contributed by atoms with van der Waals surface area (Å²) in [4.78, 5) is 0. The fourth-order valence-electron chi connectivity index (χ4n) is 0.423. The quantitative estimate of drug-likeness (QED) is 0.558. The summed E-state index contributed by atoms with van der Waals surface area (Å²) in [5.41, 5.74) is 0. The van der Waals surface area contributed by atoms with Gasteiger partial charge in [-0.3, -0.25) is 0 Å². The number of hydrogen-bond acceptors (Lipinski definition) is 0. The van der Waals surface area contributed by atoms with Gasteiger partial charge in [-0.15, -0.1) is 0 Å². The molecule has 0 heterocycles. The number of hydrogen-bond donors (Lipinski definition) is 0. The van der Waals surface area contributed by atoms with E-state index < -0.39 is 0 Å². The van der Waals surface area contributed by atoms with Crippen LogP contribution in [0.3, 0.4) is 0 Å². The molecule has 0 N–H and O–H groups in total. The highest BCUT2D eigenvalue weighted by Gasteiger charge is 1.77. The SMILES string of the molecule is C=C/C=C\C(Cl)=C/CC.CC. The molecule has 0 fully saturated rings. The lowest BCUT2D eigenvalue weighted by Gasteiger charge is -1.82. The largest absolute Gasteiger partial charge is 0.0991 e. The molecule has 0 aromatic carbocycles. The van der Waals surface area contributed by atoms with Gasteiger partial charge in [-0.05, 0) is 12.5 Å². The Hall–Kier alpha value is -0.490. The fourth-order valence-corrected chi connectivity index (χ4v) is 0.650. The Balaban J connectivity index is 0. The minimum atomic E-state index is 0.775. The van der Waals surface area contributed by atoms with Crippen molar-refractivity contribution in [2.24, 2.45) is 0 Å². The summed E-state index contributed by atoms with van der Waals surface area (Å²) in [6.45, 7) is 9.57. The first kappa shape index (κ1) is 13.1. The van der Waals surface area contributed by atoms with Crippen LogP contribution in [0.2, 0.25) is 0 Å². The van der Waals surface area contributed by atoms with Gasteiger partial charge in [0.05, 0.1) is 0 Å². The summed E-state index contributed by atoms with van der Waals surface area (Å²) < 4.78 is 0. The summed E-state index contributed by atoms with van der Waals surface area (Å²) in [5.74, 6) is 0. The molecular formula is C10H17Cl. The lowest BCUT2D eigenvalue weighted by Crippen LogP contribution is -1.60. The Kier molecular flexibility index (Phi) is 14.6. The molecule has 0 saturated carbocycles. The lowest BCUT2D eigenvalue weighted by atomic mass is 10.4. The molecule has 0 saturated heterocycles. The molecule has 0 amide bonds. The van der Waals surface area contributed by atoms with Crippen LogP contribution in [0.25, 0.3) is 0 Å². The molecule has 0 bridgehead atoms. The lowest BCUT2D eigenvalue weighted by molar-refractivity contribution is 1.22. The Morgan fingerprint density at radius 3 is 2.36 bits per heavy atom. The van der Waals surface area contributed by atoms with Gasteiger partial charge in [0.2, 0.25) is 0 Å². The summed E-state index contributed by atoms with van der Waals surface area (Å²) in [5, 5.41) is 0.775. The van der Waals surface area contributed by atoms with E-state index in [2.05, 4.69) is 6.58 Å². The monoisotopic (exact) mass is 172 g/mol. The van der Waals surface area contributed by atoms with Crippen molar-refractivity contribution in [3.05, 3.63) is 35.9 Å². The summed E-state index contributed by atoms with van der Waals surface area (Å²) >= 11 is 5.69. The Morgan fingerprint density at radius 1 is 1.45 bits per heavy atom. The molecule has 0 unspecified atom stereocenters. The van der Waals surface area contributed by atoms with E-state index in [4.69, 9.17) is 11.6 Å². The van der Waals surface area contributed by atoms with Crippen LogP contribution in [-0.4, -0.2) is 0 Å². The number of allylic oxidation sites excluding steroid dienone is 5. The minimum Gasteiger partial charge on any atom is -0.0991 e. The first-order valence-corrected chi connectivity index (χ1v) is 4.33. The molecule has 0 spiro atoms. The maximum Gasteiger partial charge on any atom is 0.0366 e. The van der Waals surface area contributed by atoms with Crippen LogP contribution >= 0.6 is 11.6 Å². The smallest absolute Gasteiger partial charge is 0.0366 e. The summed E-state index contributed by atoms with van der Waals surface area (Å²) in [7, 11) is 0. The van der Waals surface area contributed by atoms with E-state index in [0.717, 1.165) is 11.5 Å². The first-order valence-electron chi connectivity index (χ1n) is 3.96. The van der Waals surface area contributed by atoms with Gasteiger partial charge in [-0.25, -0.2) is 0 Å². The standard InChI is InChI=1S/C8H11Cl.C2H6/c1-3-5-7-8(9)6-4-2;1-2/h3,5-7H,1,4H2,2H3;1-2H3/b7-5-,8-6+;. The highest BCUT2D eigenvalue weighted by Crippen LogP contribution is 2.03. The van der Waals surface area contributed by atoms with Crippen LogP contribution in [0.4, 0.5) is 0 Å². The van der Waals surface area contributed by atoms with E-state index in [1.54, 1.807) is 6.08 Å². The molecule has 0 aromatic rings. The summed E-state index contributed by atoms with van der Waals surface area (Å²) in [6.07, 6.45) is 8.25. The van der Waals surface area contributed by atoms with Gasteiger partial charge in [-0.1, -0.05) is 57.2 Å².